The van der Waals surface area contributed by atoms with Crippen LogP contribution >= 0.6 is 0 Å². The van der Waals surface area contributed by atoms with Crippen molar-refractivity contribution in [3.63, 3.8) is 0 Å². The van der Waals surface area contributed by atoms with Crippen LogP contribution in [-0.2, 0) is 16.1 Å². The van der Waals surface area contributed by atoms with E-state index in [1.165, 1.54) is 0 Å². The first-order valence-electron chi connectivity index (χ1n) is 11.2. The minimum absolute atomic E-state index is 0.0364. The minimum atomic E-state index is -4.41. The lowest BCUT2D eigenvalue weighted by Gasteiger charge is -2.18. The number of fused-ring (bicyclic) bond motifs is 1. The van der Waals surface area contributed by atoms with Crippen LogP contribution in [0.25, 0.3) is 11.0 Å². The number of halogens is 3. The first kappa shape index (κ1) is 24.6. The predicted octanol–water partition coefficient (Wildman–Crippen LogP) is 3.58. The maximum atomic E-state index is 12.5. The number of carboxylic acids is 1. The van der Waals surface area contributed by atoms with Gasteiger partial charge < -0.3 is 20.1 Å². The second kappa shape index (κ2) is 10.0. The number of hydrogen-bond acceptors (Lipinski definition) is 8. The van der Waals surface area contributed by atoms with Crippen LogP contribution in [0, 0.1) is 5.92 Å². The summed E-state index contributed by atoms with van der Waals surface area (Å²) in [5.74, 6) is -0.178. The van der Waals surface area contributed by atoms with Gasteiger partial charge in [-0.1, -0.05) is 19.9 Å². The number of aromatic nitrogens is 5. The first-order valence-corrected chi connectivity index (χ1v) is 11.2. The molecule has 1 aliphatic heterocycles. The molecule has 10 nitrogen and oxygen atoms in total. The molecular formula is C22H26F3N7O3. The van der Waals surface area contributed by atoms with E-state index in [0.29, 0.717) is 47.3 Å². The van der Waals surface area contributed by atoms with E-state index in [0.717, 1.165) is 0 Å². The largest absolute Gasteiger partial charge is 0.481 e. The lowest BCUT2D eigenvalue weighted by molar-refractivity contribution is -0.174. The van der Waals surface area contributed by atoms with Crippen molar-refractivity contribution in [2.45, 2.75) is 38.9 Å². The third kappa shape index (κ3) is 5.78. The molecule has 1 atom stereocenters. The van der Waals surface area contributed by atoms with E-state index in [1.54, 1.807) is 29.1 Å². The minimum Gasteiger partial charge on any atom is -0.481 e. The number of anilines is 3. The molecule has 3 aromatic heterocycles. The van der Waals surface area contributed by atoms with Gasteiger partial charge >= 0.3 is 12.1 Å². The van der Waals surface area contributed by atoms with Gasteiger partial charge in [0, 0.05) is 19.3 Å². The van der Waals surface area contributed by atoms with Crippen LogP contribution in [0.3, 0.4) is 0 Å². The highest BCUT2D eigenvalue weighted by atomic mass is 19.4. The van der Waals surface area contributed by atoms with Crippen LogP contribution < -0.4 is 10.2 Å². The van der Waals surface area contributed by atoms with Crippen molar-refractivity contribution in [2.24, 2.45) is 5.92 Å². The maximum absolute atomic E-state index is 12.5. The Hall–Kier alpha value is -3.48. The highest BCUT2D eigenvalue weighted by Gasteiger charge is 2.31. The lowest BCUT2D eigenvalue weighted by atomic mass is 10.1. The summed E-state index contributed by atoms with van der Waals surface area (Å²) in [4.78, 5) is 26.9. The fourth-order valence-corrected chi connectivity index (χ4v) is 3.91. The Balaban J connectivity index is 1.75. The van der Waals surface area contributed by atoms with Gasteiger partial charge in [-0.05, 0) is 24.5 Å². The second-order valence-electron chi connectivity index (χ2n) is 8.61. The Morgan fingerprint density at radius 1 is 1.31 bits per heavy atom. The number of rotatable bonds is 9. The summed E-state index contributed by atoms with van der Waals surface area (Å²) in [6.45, 7) is 3.16. The van der Waals surface area contributed by atoms with Gasteiger partial charge in [-0.25, -0.2) is 9.97 Å². The molecule has 35 heavy (non-hydrogen) atoms. The van der Waals surface area contributed by atoms with Crippen LogP contribution in [0.5, 0.6) is 0 Å². The molecule has 1 aliphatic rings. The third-order valence-electron chi connectivity index (χ3n) is 5.59. The van der Waals surface area contributed by atoms with E-state index in [9.17, 15) is 23.1 Å². The standard InChI is InChI=1S/C22H26F3N7O3/c1-13(2)16-17-18(32(30-16)9-10-35-12-22(23,24)25)19(27-15-5-3-4-7-26-15)29-21(28-17)31-8-6-14(11-31)20(33)34/h3-5,7,13-14H,6,8-12H2,1-2H3,(H,33,34)(H,26,27,28,29)/t14-/m0/s1. The normalized spacial score (nSPS) is 16.4. The molecule has 0 amide bonds. The zero-order chi connectivity index (χ0) is 25.2. The van der Waals surface area contributed by atoms with Crippen molar-refractivity contribution < 1.29 is 27.8 Å². The predicted molar refractivity (Wildman–Crippen MR) is 122 cm³/mol. The Labute approximate surface area is 199 Å². The van der Waals surface area contributed by atoms with E-state index in [-0.39, 0.29) is 25.6 Å². The van der Waals surface area contributed by atoms with Gasteiger partial charge in [0.2, 0.25) is 5.95 Å². The summed E-state index contributed by atoms with van der Waals surface area (Å²) in [6.07, 6.45) is -2.32. The van der Waals surface area contributed by atoms with Crippen LogP contribution in [0.4, 0.5) is 30.8 Å². The van der Waals surface area contributed by atoms with Crippen LogP contribution in [-0.4, -0.2) is 68.3 Å². The van der Waals surface area contributed by atoms with E-state index < -0.39 is 24.7 Å². The van der Waals surface area contributed by atoms with E-state index in [2.05, 4.69) is 20.4 Å². The number of nitrogens with one attached hydrogen (secondary N) is 1. The SMILES string of the molecule is CC(C)c1nn(CCOCC(F)(F)F)c2c(Nc3ccccn3)nc(N3CC[C@H](C(=O)O)C3)nc12. The van der Waals surface area contributed by atoms with Crippen LogP contribution in [0.15, 0.2) is 24.4 Å². The third-order valence-corrected chi connectivity index (χ3v) is 5.59. The average Bonchev–Trinajstić information content (AvgIpc) is 3.43. The molecule has 13 heteroatoms. The molecule has 4 heterocycles. The molecule has 0 radical (unpaired) electrons. The summed E-state index contributed by atoms with van der Waals surface area (Å²) in [6, 6.07) is 5.32. The Morgan fingerprint density at radius 3 is 2.74 bits per heavy atom. The smallest absolute Gasteiger partial charge is 0.411 e. The number of aliphatic carboxylic acids is 1. The van der Waals surface area contributed by atoms with Crippen molar-refractivity contribution in [3.05, 3.63) is 30.1 Å². The van der Waals surface area contributed by atoms with Gasteiger partial charge in [0.25, 0.3) is 0 Å². The number of hydrogen-bond donors (Lipinski definition) is 2. The fraction of sp³-hybridized carbons (Fsp3) is 0.500. The van der Waals surface area contributed by atoms with Crippen molar-refractivity contribution in [2.75, 3.05) is 36.5 Å². The van der Waals surface area contributed by atoms with Gasteiger partial charge in [0.1, 0.15) is 23.5 Å². The molecule has 2 N–H and O–H groups in total. The molecule has 188 valence electrons. The molecule has 0 saturated carbocycles. The first-order chi connectivity index (χ1) is 16.6. The molecule has 3 aromatic rings. The highest BCUT2D eigenvalue weighted by molar-refractivity contribution is 5.90. The van der Waals surface area contributed by atoms with Crippen LogP contribution in [0.1, 0.15) is 31.9 Å². The molecule has 0 unspecified atom stereocenters. The monoisotopic (exact) mass is 493 g/mol. The Morgan fingerprint density at radius 2 is 2.11 bits per heavy atom. The van der Waals surface area contributed by atoms with Gasteiger partial charge in [-0.15, -0.1) is 0 Å². The number of carboxylic acid groups (broad SMARTS) is 1. The van der Waals surface area contributed by atoms with Gasteiger partial charge in [0.05, 0.1) is 24.8 Å². The molecule has 1 saturated heterocycles. The number of nitrogens with zero attached hydrogens (tertiary/aromatic N) is 6. The van der Waals surface area contributed by atoms with Gasteiger partial charge in [0.15, 0.2) is 5.82 Å². The summed E-state index contributed by atoms with van der Waals surface area (Å²) < 4.78 is 43.8. The number of ether oxygens (including phenoxy) is 1. The highest BCUT2D eigenvalue weighted by Crippen LogP contribution is 2.32. The van der Waals surface area contributed by atoms with Gasteiger partial charge in [-0.3, -0.25) is 9.48 Å². The van der Waals surface area contributed by atoms with Crippen molar-refractivity contribution in [1.29, 1.82) is 0 Å². The molecule has 0 aliphatic carbocycles. The fourth-order valence-electron chi connectivity index (χ4n) is 3.91. The molecule has 0 spiro atoms. The Bertz CT molecular complexity index is 1180. The number of alkyl halides is 3. The summed E-state index contributed by atoms with van der Waals surface area (Å²) >= 11 is 0. The number of pyridine rings is 1. The van der Waals surface area contributed by atoms with Crippen LogP contribution in [0.2, 0.25) is 0 Å². The molecule has 4 rings (SSSR count). The summed E-state index contributed by atoms with van der Waals surface area (Å²) in [5.41, 5.74) is 1.70. The van der Waals surface area contributed by atoms with Crippen molar-refractivity contribution in [3.8, 4) is 0 Å². The van der Waals surface area contributed by atoms with E-state index in [4.69, 9.17) is 9.72 Å². The topological polar surface area (TPSA) is 118 Å². The van der Waals surface area contributed by atoms with E-state index >= 15 is 0 Å². The summed E-state index contributed by atoms with van der Waals surface area (Å²) in [5, 5.41) is 17.2. The average molecular weight is 493 g/mol. The molecule has 0 aromatic carbocycles. The summed E-state index contributed by atoms with van der Waals surface area (Å²) in [7, 11) is 0. The molecular weight excluding hydrogens is 467 g/mol. The second-order valence-corrected chi connectivity index (χ2v) is 8.61. The molecule has 0 bridgehead atoms. The maximum Gasteiger partial charge on any atom is 0.411 e. The van der Waals surface area contributed by atoms with E-state index in [1.807, 2.05) is 18.7 Å². The van der Waals surface area contributed by atoms with Crippen molar-refractivity contribution >= 4 is 34.6 Å². The zero-order valence-corrected chi connectivity index (χ0v) is 19.3. The van der Waals surface area contributed by atoms with Crippen molar-refractivity contribution in [1.82, 2.24) is 24.7 Å². The Kier molecular flexibility index (Phi) is 7.05. The van der Waals surface area contributed by atoms with Gasteiger partial charge in [-0.2, -0.15) is 23.3 Å². The zero-order valence-electron chi connectivity index (χ0n) is 19.3. The number of carbonyl (C=O) groups is 1. The lowest BCUT2D eigenvalue weighted by Crippen LogP contribution is -2.25. The quantitative estimate of drug-likeness (QED) is 0.431. The molecule has 1 fully saturated rings.